The molecule has 0 aromatic heterocycles. The van der Waals surface area contributed by atoms with E-state index in [0.717, 1.165) is 6.07 Å². The standard InChI is InChI=1S/C16H12F3N3O5S/c1-9-2-4-11(7-12(9)21(24)25)20-15(23)8-28-14-5-3-10(16(17,18)19)6-13(14)22(26)27/h2-7H,8H2,1H3,(H,20,23). The maximum absolute atomic E-state index is 12.7. The Morgan fingerprint density at radius 3 is 2.29 bits per heavy atom. The fourth-order valence-corrected chi connectivity index (χ4v) is 2.99. The number of halogens is 3. The second kappa shape index (κ2) is 8.25. The molecule has 0 aliphatic carbocycles. The number of nitro groups is 2. The molecular formula is C16H12F3N3O5S. The van der Waals surface area contributed by atoms with Gasteiger partial charge >= 0.3 is 6.18 Å². The first-order valence-corrected chi connectivity index (χ1v) is 8.51. The van der Waals surface area contributed by atoms with E-state index < -0.39 is 33.2 Å². The van der Waals surface area contributed by atoms with Gasteiger partial charge in [0.1, 0.15) is 0 Å². The summed E-state index contributed by atoms with van der Waals surface area (Å²) >= 11 is 0.681. The van der Waals surface area contributed by atoms with Crippen LogP contribution in [-0.2, 0) is 11.0 Å². The van der Waals surface area contributed by atoms with Gasteiger partial charge in [-0.15, -0.1) is 11.8 Å². The van der Waals surface area contributed by atoms with Crippen molar-refractivity contribution in [1.29, 1.82) is 0 Å². The van der Waals surface area contributed by atoms with E-state index in [1.807, 2.05) is 0 Å². The molecule has 0 radical (unpaired) electrons. The van der Waals surface area contributed by atoms with Gasteiger partial charge < -0.3 is 5.32 Å². The fourth-order valence-electron chi connectivity index (χ4n) is 2.18. The Kier molecular flexibility index (Phi) is 6.23. The Morgan fingerprint density at radius 1 is 1.07 bits per heavy atom. The molecule has 1 N–H and O–H groups in total. The third-order valence-corrected chi connectivity index (χ3v) is 4.59. The number of thioether (sulfide) groups is 1. The zero-order valence-corrected chi connectivity index (χ0v) is 15.0. The van der Waals surface area contributed by atoms with Crippen LogP contribution in [0.1, 0.15) is 11.1 Å². The van der Waals surface area contributed by atoms with E-state index in [0.29, 0.717) is 29.5 Å². The molecule has 28 heavy (non-hydrogen) atoms. The number of amides is 1. The number of aryl methyl sites for hydroxylation is 1. The number of carbonyl (C=O) groups is 1. The predicted octanol–water partition coefficient (Wildman–Crippen LogP) is 4.56. The van der Waals surface area contributed by atoms with Crippen molar-refractivity contribution in [2.45, 2.75) is 18.0 Å². The number of nitrogens with zero attached hydrogens (tertiary/aromatic N) is 2. The Labute approximate surface area is 160 Å². The van der Waals surface area contributed by atoms with Gasteiger partial charge in [0.2, 0.25) is 5.91 Å². The minimum Gasteiger partial charge on any atom is -0.325 e. The SMILES string of the molecule is Cc1ccc(NC(=O)CSc2ccc(C(F)(F)F)cc2[N+](=O)[O-])cc1[N+](=O)[O-]. The lowest BCUT2D eigenvalue weighted by Gasteiger charge is -2.09. The van der Waals surface area contributed by atoms with Crippen LogP contribution in [0.25, 0.3) is 0 Å². The van der Waals surface area contributed by atoms with Crippen molar-refractivity contribution in [2.24, 2.45) is 0 Å². The zero-order chi connectivity index (χ0) is 21.1. The Balaban J connectivity index is 2.12. The molecule has 0 unspecified atom stereocenters. The smallest absolute Gasteiger partial charge is 0.325 e. The molecule has 0 saturated heterocycles. The van der Waals surface area contributed by atoms with Crippen LogP contribution < -0.4 is 5.32 Å². The van der Waals surface area contributed by atoms with Gasteiger partial charge in [-0.05, 0) is 25.1 Å². The lowest BCUT2D eigenvalue weighted by atomic mass is 10.2. The summed E-state index contributed by atoms with van der Waals surface area (Å²) in [5.41, 5.74) is -1.56. The van der Waals surface area contributed by atoms with Crippen molar-refractivity contribution in [3.63, 3.8) is 0 Å². The zero-order valence-electron chi connectivity index (χ0n) is 14.1. The van der Waals surface area contributed by atoms with Crippen LogP contribution in [0.3, 0.4) is 0 Å². The van der Waals surface area contributed by atoms with Gasteiger partial charge in [-0.3, -0.25) is 25.0 Å². The van der Waals surface area contributed by atoms with Crippen molar-refractivity contribution < 1.29 is 27.8 Å². The molecule has 0 saturated carbocycles. The van der Waals surface area contributed by atoms with Crippen LogP contribution >= 0.6 is 11.8 Å². The number of hydrogen-bond acceptors (Lipinski definition) is 6. The van der Waals surface area contributed by atoms with Crippen LogP contribution in [0.2, 0.25) is 0 Å². The molecular weight excluding hydrogens is 403 g/mol. The van der Waals surface area contributed by atoms with Gasteiger partial charge in [-0.25, -0.2) is 0 Å². The van der Waals surface area contributed by atoms with Crippen molar-refractivity contribution >= 4 is 34.7 Å². The number of anilines is 1. The summed E-state index contributed by atoms with van der Waals surface area (Å²) in [5.74, 6) is -0.967. The monoisotopic (exact) mass is 415 g/mol. The Hall–Kier alpha value is -3.15. The van der Waals surface area contributed by atoms with Crippen LogP contribution in [0, 0.1) is 27.2 Å². The van der Waals surface area contributed by atoms with Gasteiger partial charge in [0, 0.05) is 23.4 Å². The number of nitrogens with one attached hydrogen (secondary N) is 1. The van der Waals surface area contributed by atoms with Crippen molar-refractivity contribution in [3.8, 4) is 0 Å². The highest BCUT2D eigenvalue weighted by Gasteiger charge is 2.33. The van der Waals surface area contributed by atoms with Gasteiger partial charge in [0.25, 0.3) is 11.4 Å². The largest absolute Gasteiger partial charge is 0.416 e. The number of alkyl halides is 3. The van der Waals surface area contributed by atoms with Crippen LogP contribution in [0.5, 0.6) is 0 Å². The summed E-state index contributed by atoms with van der Waals surface area (Å²) in [4.78, 5) is 32.3. The number of carbonyl (C=O) groups excluding carboxylic acids is 1. The Morgan fingerprint density at radius 2 is 1.71 bits per heavy atom. The van der Waals surface area contributed by atoms with Crippen LogP contribution in [-0.4, -0.2) is 21.5 Å². The molecule has 2 aromatic carbocycles. The Bertz CT molecular complexity index is 950. The molecule has 12 heteroatoms. The average Bonchev–Trinajstić information content (AvgIpc) is 2.60. The molecule has 0 fully saturated rings. The summed E-state index contributed by atoms with van der Waals surface area (Å²) < 4.78 is 38.1. The highest BCUT2D eigenvalue weighted by molar-refractivity contribution is 8.00. The van der Waals surface area contributed by atoms with E-state index in [1.54, 1.807) is 0 Å². The highest BCUT2D eigenvalue weighted by atomic mass is 32.2. The molecule has 0 spiro atoms. The molecule has 0 bridgehead atoms. The number of hydrogen-bond donors (Lipinski definition) is 1. The first-order chi connectivity index (χ1) is 13.0. The quantitative estimate of drug-likeness (QED) is 0.420. The lowest BCUT2D eigenvalue weighted by Crippen LogP contribution is -2.14. The lowest BCUT2D eigenvalue weighted by molar-refractivity contribution is -0.388. The van der Waals surface area contributed by atoms with E-state index in [1.165, 1.54) is 25.1 Å². The molecule has 2 aromatic rings. The summed E-state index contributed by atoms with van der Waals surface area (Å²) in [5, 5.41) is 24.3. The topological polar surface area (TPSA) is 115 Å². The highest BCUT2D eigenvalue weighted by Crippen LogP contribution is 2.36. The summed E-state index contributed by atoms with van der Waals surface area (Å²) in [6, 6.07) is 6.08. The molecule has 148 valence electrons. The maximum atomic E-state index is 12.7. The molecule has 2 rings (SSSR count). The minimum atomic E-state index is -4.73. The van der Waals surface area contributed by atoms with Crippen molar-refractivity contribution in [1.82, 2.24) is 0 Å². The first kappa shape index (κ1) is 21.2. The van der Waals surface area contributed by atoms with E-state index >= 15 is 0 Å². The molecule has 0 heterocycles. The summed E-state index contributed by atoms with van der Waals surface area (Å²) in [6.07, 6.45) is -4.73. The fraction of sp³-hybridized carbons (Fsp3) is 0.188. The second-order valence-electron chi connectivity index (χ2n) is 5.53. The summed E-state index contributed by atoms with van der Waals surface area (Å²) in [7, 11) is 0. The second-order valence-corrected chi connectivity index (χ2v) is 6.55. The third-order valence-electron chi connectivity index (χ3n) is 3.53. The van der Waals surface area contributed by atoms with E-state index in [2.05, 4.69) is 5.32 Å². The van der Waals surface area contributed by atoms with Crippen molar-refractivity contribution in [2.75, 3.05) is 11.1 Å². The number of benzene rings is 2. The average molecular weight is 415 g/mol. The normalized spacial score (nSPS) is 11.1. The van der Waals surface area contributed by atoms with Gasteiger partial charge in [-0.2, -0.15) is 13.2 Å². The van der Waals surface area contributed by atoms with Gasteiger partial charge in [-0.1, -0.05) is 6.07 Å². The molecule has 1 amide bonds. The maximum Gasteiger partial charge on any atom is 0.416 e. The van der Waals surface area contributed by atoms with Crippen LogP contribution in [0.15, 0.2) is 41.3 Å². The van der Waals surface area contributed by atoms with Crippen LogP contribution in [0.4, 0.5) is 30.2 Å². The van der Waals surface area contributed by atoms with Gasteiger partial charge in [0.05, 0.1) is 26.1 Å². The number of rotatable bonds is 6. The number of nitro benzene ring substituents is 2. The van der Waals surface area contributed by atoms with Gasteiger partial charge in [0.15, 0.2) is 0 Å². The molecule has 0 aliphatic heterocycles. The molecule has 0 atom stereocenters. The van der Waals surface area contributed by atoms with E-state index in [-0.39, 0.29) is 22.0 Å². The van der Waals surface area contributed by atoms with E-state index in [4.69, 9.17) is 0 Å². The molecule has 8 nitrogen and oxygen atoms in total. The summed E-state index contributed by atoms with van der Waals surface area (Å²) in [6.45, 7) is 1.53. The predicted molar refractivity (Wildman–Crippen MR) is 95.3 cm³/mol. The minimum absolute atomic E-state index is 0.108. The van der Waals surface area contributed by atoms with E-state index in [9.17, 15) is 38.2 Å². The third kappa shape index (κ3) is 5.19. The van der Waals surface area contributed by atoms with Crippen molar-refractivity contribution in [3.05, 3.63) is 67.8 Å². The molecule has 0 aliphatic rings. The first-order valence-electron chi connectivity index (χ1n) is 7.52.